The van der Waals surface area contributed by atoms with Crippen molar-refractivity contribution in [2.45, 2.75) is 25.3 Å². The van der Waals surface area contributed by atoms with Crippen LogP contribution in [0.5, 0.6) is 0 Å². The summed E-state index contributed by atoms with van der Waals surface area (Å²) in [5.41, 5.74) is 0. The molecule has 7 heteroatoms. The predicted octanol–water partition coefficient (Wildman–Crippen LogP) is 1.72. The van der Waals surface area contributed by atoms with Crippen molar-refractivity contribution in [2.75, 3.05) is 21.3 Å². The third-order valence-electron chi connectivity index (χ3n) is 2.89. The van der Waals surface area contributed by atoms with Crippen molar-refractivity contribution in [1.29, 1.82) is 5.41 Å². The number of thioether (sulfide) groups is 1. The van der Waals surface area contributed by atoms with E-state index in [-0.39, 0.29) is 23.2 Å². The van der Waals surface area contributed by atoms with Crippen LogP contribution in [0.3, 0.4) is 0 Å². The molecule has 0 aromatic carbocycles. The lowest BCUT2D eigenvalue weighted by Crippen LogP contribution is -2.40. The summed E-state index contributed by atoms with van der Waals surface area (Å²) in [5.74, 6) is 0.342. The molecule has 20 heavy (non-hydrogen) atoms. The van der Waals surface area contributed by atoms with Gasteiger partial charge in [0.15, 0.2) is 17.2 Å². The van der Waals surface area contributed by atoms with Crippen molar-refractivity contribution in [3.63, 3.8) is 0 Å². The number of Topliss-reactive ketones (excluding diaryl/α,β-unsaturated/α-hetero) is 1. The Bertz CT molecular complexity index is 435. The zero-order valence-corrected chi connectivity index (χ0v) is 13.2. The van der Waals surface area contributed by atoms with Crippen LogP contribution >= 0.6 is 11.8 Å². The Balaban J connectivity index is 2.98. The Kier molecular flexibility index (Phi) is 6.22. The molecule has 1 heterocycles. The average Bonchev–Trinajstić information content (AvgIpc) is 2.44. The smallest absolute Gasteiger partial charge is 0.215 e. The maximum atomic E-state index is 11.8. The molecule has 112 valence electrons. The van der Waals surface area contributed by atoms with Crippen molar-refractivity contribution < 1.29 is 14.3 Å². The lowest BCUT2D eigenvalue weighted by atomic mass is 10.1. The van der Waals surface area contributed by atoms with E-state index in [1.807, 2.05) is 25.8 Å². The summed E-state index contributed by atoms with van der Waals surface area (Å²) in [7, 11) is 4.98. The van der Waals surface area contributed by atoms with Crippen molar-refractivity contribution in [1.82, 2.24) is 4.90 Å². The van der Waals surface area contributed by atoms with Crippen molar-refractivity contribution in [3.8, 4) is 0 Å². The van der Waals surface area contributed by atoms with Crippen LogP contribution in [-0.4, -0.2) is 54.8 Å². The minimum absolute atomic E-state index is 0.100. The highest BCUT2D eigenvalue weighted by molar-refractivity contribution is 8.15. The number of ketones is 1. The van der Waals surface area contributed by atoms with Gasteiger partial charge < -0.3 is 19.8 Å². The lowest BCUT2D eigenvalue weighted by Gasteiger charge is -2.32. The first kappa shape index (κ1) is 16.7. The predicted molar refractivity (Wildman–Crippen MR) is 81.1 cm³/mol. The fraction of sp³-hybridized carbons (Fsp3) is 0.615. The van der Waals surface area contributed by atoms with Gasteiger partial charge in [0.05, 0.1) is 18.6 Å². The van der Waals surface area contributed by atoms with Gasteiger partial charge in [-0.15, -0.1) is 0 Å². The molecule has 0 aliphatic carbocycles. The van der Waals surface area contributed by atoms with Gasteiger partial charge in [0.2, 0.25) is 5.88 Å². The van der Waals surface area contributed by atoms with Crippen LogP contribution in [-0.2, 0) is 14.3 Å². The Morgan fingerprint density at radius 3 is 2.65 bits per heavy atom. The van der Waals surface area contributed by atoms with E-state index in [0.29, 0.717) is 11.1 Å². The van der Waals surface area contributed by atoms with E-state index in [4.69, 9.17) is 14.9 Å². The van der Waals surface area contributed by atoms with Gasteiger partial charge in [0.25, 0.3) is 0 Å². The minimum atomic E-state index is -0.345. The monoisotopic (exact) mass is 299 g/mol. The van der Waals surface area contributed by atoms with E-state index < -0.39 is 0 Å². The zero-order chi connectivity index (χ0) is 15.3. The highest BCUT2D eigenvalue weighted by atomic mass is 32.2. The van der Waals surface area contributed by atoms with Crippen LogP contribution in [0, 0.1) is 11.3 Å². The molecule has 0 spiro atoms. The van der Waals surface area contributed by atoms with Crippen LogP contribution in [0.25, 0.3) is 0 Å². The SMILES string of the molecule is COC1=CC(OC)N(C)C(SC(C(=O)C=N)C(C)C)=N1. The second-order valence-electron chi connectivity index (χ2n) is 4.67. The Morgan fingerprint density at radius 2 is 2.20 bits per heavy atom. The molecule has 0 fully saturated rings. The molecule has 1 aliphatic heterocycles. The number of nitrogens with zero attached hydrogens (tertiary/aromatic N) is 2. The van der Waals surface area contributed by atoms with Gasteiger partial charge in [0.1, 0.15) is 0 Å². The summed E-state index contributed by atoms with van der Waals surface area (Å²) in [6, 6.07) is 0. The summed E-state index contributed by atoms with van der Waals surface area (Å²) >= 11 is 1.33. The molecular weight excluding hydrogens is 278 g/mol. The molecule has 6 nitrogen and oxygen atoms in total. The fourth-order valence-electron chi connectivity index (χ4n) is 1.72. The van der Waals surface area contributed by atoms with Gasteiger partial charge in [-0.05, 0) is 5.92 Å². The number of nitrogens with one attached hydrogen (secondary N) is 1. The molecule has 1 N–H and O–H groups in total. The van der Waals surface area contributed by atoms with E-state index >= 15 is 0 Å². The van der Waals surface area contributed by atoms with Gasteiger partial charge in [0, 0.05) is 20.2 Å². The standard InChI is InChI=1S/C13H21N3O3S/c1-8(2)12(9(17)7-14)20-13-15-10(18-4)6-11(19-5)16(13)3/h6-8,11-12,14H,1-5H3. The summed E-state index contributed by atoms with van der Waals surface area (Å²) < 4.78 is 10.5. The third-order valence-corrected chi connectivity index (χ3v) is 4.51. The molecule has 0 radical (unpaired) electrons. The number of aliphatic imine (C=N–C) groups is 1. The Hall–Kier alpha value is -1.34. The summed E-state index contributed by atoms with van der Waals surface area (Å²) in [6.07, 6.45) is 2.34. The Labute approximate surface area is 123 Å². The molecular formula is C13H21N3O3S. The van der Waals surface area contributed by atoms with Crippen LogP contribution in [0.4, 0.5) is 0 Å². The highest BCUT2D eigenvalue weighted by Gasteiger charge is 2.29. The molecule has 0 aromatic rings. The topological polar surface area (TPSA) is 75.0 Å². The normalized spacial score (nSPS) is 20.3. The maximum absolute atomic E-state index is 11.8. The maximum Gasteiger partial charge on any atom is 0.215 e. The second kappa shape index (κ2) is 7.44. The van der Waals surface area contributed by atoms with Gasteiger partial charge in [-0.1, -0.05) is 25.6 Å². The molecule has 0 saturated heterocycles. The van der Waals surface area contributed by atoms with Gasteiger partial charge in [-0.25, -0.2) is 0 Å². The molecule has 1 aliphatic rings. The summed E-state index contributed by atoms with van der Waals surface area (Å²) in [4.78, 5) is 18.0. The van der Waals surface area contributed by atoms with Gasteiger partial charge >= 0.3 is 0 Å². The molecule has 0 bridgehead atoms. The van der Waals surface area contributed by atoms with Crippen molar-refractivity contribution in [3.05, 3.63) is 12.0 Å². The first-order chi connectivity index (χ1) is 9.44. The van der Waals surface area contributed by atoms with Crippen molar-refractivity contribution in [2.24, 2.45) is 10.9 Å². The molecule has 0 saturated carbocycles. The number of hydrogen-bond acceptors (Lipinski definition) is 7. The zero-order valence-electron chi connectivity index (χ0n) is 12.4. The second-order valence-corrected chi connectivity index (χ2v) is 5.78. The van der Waals surface area contributed by atoms with E-state index in [9.17, 15) is 4.79 Å². The lowest BCUT2D eigenvalue weighted by molar-refractivity contribution is -0.112. The van der Waals surface area contributed by atoms with Crippen LogP contribution in [0.15, 0.2) is 17.0 Å². The fourth-order valence-corrected chi connectivity index (χ4v) is 2.82. The number of amidine groups is 1. The van der Waals surface area contributed by atoms with Crippen molar-refractivity contribution >= 4 is 28.9 Å². The van der Waals surface area contributed by atoms with E-state index in [0.717, 1.165) is 6.21 Å². The molecule has 0 aromatic heterocycles. The number of hydrogen-bond donors (Lipinski definition) is 1. The molecule has 2 unspecified atom stereocenters. The first-order valence-electron chi connectivity index (χ1n) is 6.25. The molecule has 0 amide bonds. The minimum Gasteiger partial charge on any atom is -0.481 e. The summed E-state index contributed by atoms with van der Waals surface area (Å²) in [6.45, 7) is 3.90. The third kappa shape index (κ3) is 3.83. The highest BCUT2D eigenvalue weighted by Crippen LogP contribution is 2.27. The number of methoxy groups -OCH3 is 2. The molecule has 2 atom stereocenters. The Morgan fingerprint density at radius 1 is 1.55 bits per heavy atom. The van der Waals surface area contributed by atoms with E-state index in [1.165, 1.54) is 11.8 Å². The number of ether oxygens (including phenoxy) is 2. The largest absolute Gasteiger partial charge is 0.481 e. The van der Waals surface area contributed by atoms with E-state index in [1.54, 1.807) is 20.3 Å². The number of rotatable bonds is 6. The van der Waals surface area contributed by atoms with Crippen LogP contribution in [0.1, 0.15) is 13.8 Å². The summed E-state index contributed by atoms with van der Waals surface area (Å²) in [5, 5.41) is 7.45. The van der Waals surface area contributed by atoms with Crippen LogP contribution in [0.2, 0.25) is 0 Å². The van der Waals surface area contributed by atoms with E-state index in [2.05, 4.69) is 4.99 Å². The first-order valence-corrected chi connectivity index (χ1v) is 7.13. The number of carbonyl (C=O) groups excluding carboxylic acids is 1. The number of likely N-dealkylation sites (N-methyl/N-ethyl adjacent to an activating group) is 1. The quantitative estimate of drug-likeness (QED) is 0.756. The van der Waals surface area contributed by atoms with Gasteiger partial charge in [-0.2, -0.15) is 4.99 Å². The molecule has 1 rings (SSSR count). The van der Waals surface area contributed by atoms with Crippen LogP contribution < -0.4 is 0 Å². The average molecular weight is 299 g/mol. The van der Waals surface area contributed by atoms with Gasteiger partial charge in [-0.3, -0.25) is 4.79 Å². The number of carbonyl (C=O) groups is 1.